The first kappa shape index (κ1) is 12.0. The van der Waals surface area contributed by atoms with Gasteiger partial charge in [-0.2, -0.15) is 0 Å². The van der Waals surface area contributed by atoms with Crippen molar-refractivity contribution >= 4 is 0 Å². The Labute approximate surface area is 88.1 Å². The van der Waals surface area contributed by atoms with Crippen LogP contribution in [0.25, 0.3) is 0 Å². The van der Waals surface area contributed by atoms with Gasteiger partial charge in [0, 0.05) is 12.1 Å². The molecule has 0 heterocycles. The minimum absolute atomic E-state index is 0.105. The molecule has 0 amide bonds. The predicted octanol–water partition coefficient (Wildman–Crippen LogP) is 2.31. The standard InChI is InChI=1S/C12H25NO/c1-4-10(5-2)9(3)13-11-7-6-8-12(11)14/h9-14H,4-8H2,1-3H3/t9?,11-,12-/m0/s1. The van der Waals surface area contributed by atoms with Crippen molar-refractivity contribution in [2.24, 2.45) is 5.92 Å². The Hall–Kier alpha value is -0.0800. The van der Waals surface area contributed by atoms with Crippen molar-refractivity contribution in [1.82, 2.24) is 5.32 Å². The largest absolute Gasteiger partial charge is 0.392 e. The summed E-state index contributed by atoms with van der Waals surface area (Å²) in [7, 11) is 0. The summed E-state index contributed by atoms with van der Waals surface area (Å²) in [5.41, 5.74) is 0. The maximum atomic E-state index is 9.70. The van der Waals surface area contributed by atoms with Crippen LogP contribution in [0.15, 0.2) is 0 Å². The molecule has 0 spiro atoms. The van der Waals surface area contributed by atoms with Gasteiger partial charge in [-0.15, -0.1) is 0 Å². The third kappa shape index (κ3) is 2.96. The second-order valence-corrected chi connectivity index (χ2v) is 4.64. The van der Waals surface area contributed by atoms with Crippen LogP contribution >= 0.6 is 0 Å². The maximum absolute atomic E-state index is 9.70. The van der Waals surface area contributed by atoms with Crippen molar-refractivity contribution in [2.45, 2.75) is 71.1 Å². The van der Waals surface area contributed by atoms with Gasteiger partial charge in [0.1, 0.15) is 0 Å². The SMILES string of the molecule is CCC(CC)C(C)N[C@H]1CCC[C@@H]1O. The summed E-state index contributed by atoms with van der Waals surface area (Å²) in [6.07, 6.45) is 5.65. The molecule has 0 aromatic rings. The molecule has 1 aliphatic rings. The van der Waals surface area contributed by atoms with Crippen LogP contribution in [-0.2, 0) is 0 Å². The highest BCUT2D eigenvalue weighted by Gasteiger charge is 2.27. The molecule has 2 N–H and O–H groups in total. The van der Waals surface area contributed by atoms with Crippen LogP contribution in [0.1, 0.15) is 52.9 Å². The first-order valence-electron chi connectivity index (χ1n) is 6.13. The molecule has 3 atom stereocenters. The molecule has 0 aromatic heterocycles. The topological polar surface area (TPSA) is 32.3 Å². The second kappa shape index (κ2) is 5.72. The monoisotopic (exact) mass is 199 g/mol. The number of nitrogens with one attached hydrogen (secondary N) is 1. The van der Waals surface area contributed by atoms with Crippen LogP contribution in [0.3, 0.4) is 0 Å². The maximum Gasteiger partial charge on any atom is 0.0693 e. The normalized spacial score (nSPS) is 29.8. The summed E-state index contributed by atoms with van der Waals surface area (Å²) >= 11 is 0. The molecule has 1 fully saturated rings. The first-order valence-corrected chi connectivity index (χ1v) is 6.13. The van der Waals surface area contributed by atoms with E-state index in [1.54, 1.807) is 0 Å². The van der Waals surface area contributed by atoms with Crippen LogP contribution in [0, 0.1) is 5.92 Å². The van der Waals surface area contributed by atoms with E-state index in [2.05, 4.69) is 26.1 Å². The van der Waals surface area contributed by atoms with Crippen molar-refractivity contribution in [3.8, 4) is 0 Å². The Bertz CT molecular complexity index is 156. The van der Waals surface area contributed by atoms with Gasteiger partial charge in [0.15, 0.2) is 0 Å². The highest BCUT2D eigenvalue weighted by atomic mass is 16.3. The van der Waals surface area contributed by atoms with Crippen molar-refractivity contribution in [1.29, 1.82) is 0 Å². The van der Waals surface area contributed by atoms with E-state index >= 15 is 0 Å². The fourth-order valence-electron chi connectivity index (χ4n) is 2.60. The smallest absolute Gasteiger partial charge is 0.0693 e. The summed E-state index contributed by atoms with van der Waals surface area (Å²) < 4.78 is 0. The Morgan fingerprint density at radius 3 is 2.36 bits per heavy atom. The zero-order valence-electron chi connectivity index (χ0n) is 9.79. The molecule has 0 bridgehead atoms. The number of hydrogen-bond donors (Lipinski definition) is 2. The lowest BCUT2D eigenvalue weighted by atomic mass is 9.94. The van der Waals surface area contributed by atoms with Crippen LogP contribution in [0.4, 0.5) is 0 Å². The molecular weight excluding hydrogens is 174 g/mol. The highest BCUT2D eigenvalue weighted by molar-refractivity contribution is 4.85. The molecule has 0 saturated heterocycles. The first-order chi connectivity index (χ1) is 6.69. The Morgan fingerprint density at radius 1 is 1.29 bits per heavy atom. The lowest BCUT2D eigenvalue weighted by molar-refractivity contribution is 0.137. The van der Waals surface area contributed by atoms with Gasteiger partial charge < -0.3 is 10.4 Å². The minimum atomic E-state index is -0.105. The van der Waals surface area contributed by atoms with Gasteiger partial charge in [-0.05, 0) is 32.1 Å². The lowest BCUT2D eigenvalue weighted by Crippen LogP contribution is -2.44. The van der Waals surface area contributed by atoms with Gasteiger partial charge in [-0.3, -0.25) is 0 Å². The average molecular weight is 199 g/mol. The summed E-state index contributed by atoms with van der Waals surface area (Å²) in [5, 5.41) is 13.3. The third-order valence-electron chi connectivity index (χ3n) is 3.71. The molecule has 1 rings (SSSR count). The van der Waals surface area contributed by atoms with E-state index in [0.29, 0.717) is 12.1 Å². The third-order valence-corrected chi connectivity index (χ3v) is 3.71. The number of aliphatic hydroxyl groups is 1. The Kier molecular flexibility index (Phi) is 4.90. The van der Waals surface area contributed by atoms with Gasteiger partial charge in [-0.1, -0.05) is 26.7 Å². The zero-order valence-corrected chi connectivity index (χ0v) is 9.79. The summed E-state index contributed by atoms with van der Waals surface area (Å²) in [6.45, 7) is 6.75. The fraction of sp³-hybridized carbons (Fsp3) is 1.00. The molecule has 2 heteroatoms. The molecule has 2 nitrogen and oxygen atoms in total. The van der Waals surface area contributed by atoms with E-state index in [4.69, 9.17) is 0 Å². The predicted molar refractivity (Wildman–Crippen MR) is 60.3 cm³/mol. The van der Waals surface area contributed by atoms with Crippen molar-refractivity contribution < 1.29 is 5.11 Å². The minimum Gasteiger partial charge on any atom is -0.392 e. The zero-order chi connectivity index (χ0) is 10.6. The summed E-state index contributed by atoms with van der Waals surface area (Å²) in [5.74, 6) is 0.753. The van der Waals surface area contributed by atoms with Gasteiger partial charge in [0.2, 0.25) is 0 Å². The summed E-state index contributed by atoms with van der Waals surface area (Å²) in [6, 6.07) is 0.897. The molecule has 0 aliphatic heterocycles. The fourth-order valence-corrected chi connectivity index (χ4v) is 2.60. The van der Waals surface area contributed by atoms with Crippen molar-refractivity contribution in [3.63, 3.8) is 0 Å². The number of aliphatic hydroxyl groups excluding tert-OH is 1. The van der Waals surface area contributed by atoms with Crippen molar-refractivity contribution in [2.75, 3.05) is 0 Å². The van der Waals surface area contributed by atoms with Crippen LogP contribution < -0.4 is 5.32 Å². The van der Waals surface area contributed by atoms with Crippen LogP contribution in [-0.4, -0.2) is 23.3 Å². The molecule has 1 aliphatic carbocycles. The van der Waals surface area contributed by atoms with Crippen LogP contribution in [0.5, 0.6) is 0 Å². The Balaban J connectivity index is 2.34. The van der Waals surface area contributed by atoms with Crippen LogP contribution in [0.2, 0.25) is 0 Å². The van der Waals surface area contributed by atoms with Gasteiger partial charge in [0.25, 0.3) is 0 Å². The van der Waals surface area contributed by atoms with E-state index in [1.165, 1.54) is 19.3 Å². The Morgan fingerprint density at radius 2 is 1.93 bits per heavy atom. The van der Waals surface area contributed by atoms with E-state index in [9.17, 15) is 5.11 Å². The van der Waals surface area contributed by atoms with Crippen molar-refractivity contribution in [3.05, 3.63) is 0 Å². The van der Waals surface area contributed by atoms with Gasteiger partial charge in [0.05, 0.1) is 6.10 Å². The van der Waals surface area contributed by atoms with E-state index in [0.717, 1.165) is 18.8 Å². The van der Waals surface area contributed by atoms with Gasteiger partial charge in [-0.25, -0.2) is 0 Å². The molecule has 1 unspecified atom stereocenters. The quantitative estimate of drug-likeness (QED) is 0.712. The molecule has 84 valence electrons. The second-order valence-electron chi connectivity index (χ2n) is 4.64. The molecule has 1 saturated carbocycles. The summed E-state index contributed by atoms with van der Waals surface area (Å²) in [4.78, 5) is 0. The molecular formula is C12H25NO. The molecule has 0 aromatic carbocycles. The molecule has 0 radical (unpaired) electrons. The van der Waals surface area contributed by atoms with Gasteiger partial charge >= 0.3 is 0 Å². The van der Waals surface area contributed by atoms with E-state index in [-0.39, 0.29) is 6.10 Å². The van der Waals surface area contributed by atoms with E-state index in [1.807, 2.05) is 0 Å². The average Bonchev–Trinajstić information content (AvgIpc) is 2.54. The van der Waals surface area contributed by atoms with E-state index < -0.39 is 0 Å². The number of hydrogen-bond acceptors (Lipinski definition) is 2. The molecule has 14 heavy (non-hydrogen) atoms. The lowest BCUT2D eigenvalue weighted by Gasteiger charge is -2.27. The highest BCUT2D eigenvalue weighted by Crippen LogP contribution is 2.21. The number of rotatable bonds is 5.